The summed E-state index contributed by atoms with van der Waals surface area (Å²) in [5, 5.41) is 9.84. The molecule has 0 aliphatic heterocycles. The normalized spacial score (nSPS) is 45.2. The molecular formula is C12H20O. The van der Waals surface area contributed by atoms with E-state index < -0.39 is 0 Å². The van der Waals surface area contributed by atoms with Crippen molar-refractivity contribution in [3.63, 3.8) is 0 Å². The molecule has 1 saturated carbocycles. The van der Waals surface area contributed by atoms with E-state index in [4.69, 9.17) is 0 Å². The van der Waals surface area contributed by atoms with Gasteiger partial charge in [-0.15, -0.1) is 0 Å². The molecule has 2 aliphatic rings. The van der Waals surface area contributed by atoms with Gasteiger partial charge in [0.25, 0.3) is 0 Å². The summed E-state index contributed by atoms with van der Waals surface area (Å²) in [5.74, 6) is 0.673. The second-order valence-corrected chi connectivity index (χ2v) is 5.35. The maximum absolute atomic E-state index is 9.84. The van der Waals surface area contributed by atoms with Crippen molar-refractivity contribution in [2.45, 2.75) is 52.9 Å². The van der Waals surface area contributed by atoms with Crippen LogP contribution < -0.4 is 0 Å². The zero-order valence-electron chi connectivity index (χ0n) is 8.98. The average Bonchev–Trinajstić information content (AvgIpc) is 2.25. The third-order valence-electron chi connectivity index (χ3n) is 4.81. The van der Waals surface area contributed by atoms with Gasteiger partial charge in [0, 0.05) is 6.42 Å². The van der Waals surface area contributed by atoms with Crippen LogP contribution in [0.3, 0.4) is 0 Å². The van der Waals surface area contributed by atoms with Crippen LogP contribution in [0.4, 0.5) is 0 Å². The Labute approximate surface area is 80.8 Å². The first kappa shape index (κ1) is 9.11. The van der Waals surface area contributed by atoms with E-state index >= 15 is 0 Å². The molecule has 2 aliphatic carbocycles. The lowest BCUT2D eigenvalue weighted by molar-refractivity contribution is 0.0671. The molecule has 0 heterocycles. The number of fused-ring (bicyclic) bond motifs is 1. The van der Waals surface area contributed by atoms with Crippen molar-refractivity contribution in [3.05, 3.63) is 11.3 Å². The van der Waals surface area contributed by atoms with Crippen LogP contribution in [0.2, 0.25) is 0 Å². The van der Waals surface area contributed by atoms with Gasteiger partial charge in [0.2, 0.25) is 0 Å². The van der Waals surface area contributed by atoms with E-state index in [1.165, 1.54) is 31.3 Å². The van der Waals surface area contributed by atoms with Crippen LogP contribution in [0.15, 0.2) is 11.3 Å². The van der Waals surface area contributed by atoms with Crippen molar-refractivity contribution in [1.29, 1.82) is 0 Å². The Morgan fingerprint density at radius 3 is 2.38 bits per heavy atom. The highest BCUT2D eigenvalue weighted by molar-refractivity contribution is 5.28. The van der Waals surface area contributed by atoms with E-state index in [0.29, 0.717) is 11.2 Å². The summed E-state index contributed by atoms with van der Waals surface area (Å²) >= 11 is 0. The van der Waals surface area contributed by atoms with E-state index in [9.17, 15) is 5.11 Å². The van der Waals surface area contributed by atoms with Crippen LogP contribution in [0, 0.1) is 10.8 Å². The molecule has 1 nitrogen and oxygen atoms in total. The molecule has 1 heteroatoms. The van der Waals surface area contributed by atoms with Gasteiger partial charge in [-0.2, -0.15) is 0 Å². The first-order valence-corrected chi connectivity index (χ1v) is 5.39. The van der Waals surface area contributed by atoms with E-state index in [-0.39, 0.29) is 5.41 Å². The molecule has 74 valence electrons. The molecule has 1 N–H and O–H groups in total. The van der Waals surface area contributed by atoms with Crippen molar-refractivity contribution >= 4 is 0 Å². The zero-order chi connectivity index (χ0) is 9.69. The molecule has 1 fully saturated rings. The first-order valence-electron chi connectivity index (χ1n) is 5.39. The van der Waals surface area contributed by atoms with Crippen LogP contribution in [-0.4, -0.2) is 5.11 Å². The second kappa shape index (κ2) is 2.52. The van der Waals surface area contributed by atoms with Gasteiger partial charge >= 0.3 is 0 Å². The number of hydrogen-bond acceptors (Lipinski definition) is 1. The Balaban J connectivity index is 2.41. The standard InChI is InChI=1S/C12H20O/c1-9-10(13)8-11(2)6-4-5-7-12(9,11)3/h13H,4-8H2,1-3H3/t11-,12+/m1/s1. The Bertz CT molecular complexity index is 266. The minimum absolute atomic E-state index is 0.287. The van der Waals surface area contributed by atoms with Crippen LogP contribution in [-0.2, 0) is 0 Å². The van der Waals surface area contributed by atoms with Crippen LogP contribution in [0.1, 0.15) is 52.9 Å². The van der Waals surface area contributed by atoms with Crippen LogP contribution in [0.25, 0.3) is 0 Å². The Kier molecular flexibility index (Phi) is 1.77. The van der Waals surface area contributed by atoms with Crippen LogP contribution in [0.5, 0.6) is 0 Å². The highest BCUT2D eigenvalue weighted by Gasteiger charge is 2.52. The number of hydrogen-bond donors (Lipinski definition) is 1. The van der Waals surface area contributed by atoms with Gasteiger partial charge in [0.05, 0.1) is 5.76 Å². The van der Waals surface area contributed by atoms with Gasteiger partial charge in [0.15, 0.2) is 0 Å². The summed E-state index contributed by atoms with van der Waals surface area (Å²) in [6, 6.07) is 0. The molecule has 0 radical (unpaired) electrons. The smallest absolute Gasteiger partial charge is 0.0923 e. The molecular weight excluding hydrogens is 160 g/mol. The fourth-order valence-electron chi connectivity index (χ4n) is 3.32. The second-order valence-electron chi connectivity index (χ2n) is 5.35. The van der Waals surface area contributed by atoms with Crippen molar-refractivity contribution in [3.8, 4) is 0 Å². The molecule has 0 spiro atoms. The molecule has 0 saturated heterocycles. The molecule has 0 aromatic carbocycles. The third kappa shape index (κ3) is 0.992. The van der Waals surface area contributed by atoms with Crippen molar-refractivity contribution in [1.82, 2.24) is 0 Å². The lowest BCUT2D eigenvalue weighted by Gasteiger charge is -2.46. The summed E-state index contributed by atoms with van der Waals surface area (Å²) in [6.45, 7) is 6.80. The fraction of sp³-hybridized carbons (Fsp3) is 0.833. The van der Waals surface area contributed by atoms with E-state index in [1.54, 1.807) is 0 Å². The van der Waals surface area contributed by atoms with Gasteiger partial charge in [-0.1, -0.05) is 26.7 Å². The molecule has 0 unspecified atom stereocenters. The number of aliphatic hydroxyl groups is 1. The van der Waals surface area contributed by atoms with Gasteiger partial charge in [-0.25, -0.2) is 0 Å². The summed E-state index contributed by atoms with van der Waals surface area (Å²) in [6.07, 6.45) is 6.13. The zero-order valence-corrected chi connectivity index (χ0v) is 8.98. The van der Waals surface area contributed by atoms with Crippen molar-refractivity contribution in [2.75, 3.05) is 0 Å². The van der Waals surface area contributed by atoms with Crippen molar-refractivity contribution in [2.24, 2.45) is 10.8 Å². The Morgan fingerprint density at radius 1 is 1.15 bits per heavy atom. The maximum Gasteiger partial charge on any atom is 0.0923 e. The summed E-state index contributed by atoms with van der Waals surface area (Å²) in [4.78, 5) is 0. The monoisotopic (exact) mass is 180 g/mol. The minimum atomic E-state index is 0.287. The molecule has 2 rings (SSSR count). The highest BCUT2D eigenvalue weighted by Crippen LogP contribution is 2.62. The molecule has 0 bridgehead atoms. The third-order valence-corrected chi connectivity index (χ3v) is 4.81. The SMILES string of the molecule is CC1=C(O)C[C@@]2(C)CCCC[C@@]12C. The van der Waals surface area contributed by atoms with Gasteiger partial charge in [-0.05, 0) is 36.2 Å². The largest absolute Gasteiger partial charge is 0.512 e. The van der Waals surface area contributed by atoms with Crippen molar-refractivity contribution < 1.29 is 5.11 Å². The first-order chi connectivity index (χ1) is 6.00. The molecule has 0 aromatic heterocycles. The minimum Gasteiger partial charge on any atom is -0.512 e. The summed E-state index contributed by atoms with van der Waals surface area (Å²) in [7, 11) is 0. The maximum atomic E-state index is 9.84. The van der Waals surface area contributed by atoms with Crippen LogP contribution >= 0.6 is 0 Å². The fourth-order valence-corrected chi connectivity index (χ4v) is 3.32. The Hall–Kier alpha value is -0.460. The predicted molar refractivity (Wildman–Crippen MR) is 54.6 cm³/mol. The predicted octanol–water partition coefficient (Wildman–Crippen LogP) is 3.81. The summed E-state index contributed by atoms with van der Waals surface area (Å²) in [5.41, 5.74) is 1.89. The number of aliphatic hydroxyl groups excluding tert-OH is 1. The molecule has 13 heavy (non-hydrogen) atoms. The van der Waals surface area contributed by atoms with E-state index in [1.807, 2.05) is 0 Å². The lowest BCUT2D eigenvalue weighted by atomic mass is 9.57. The van der Waals surface area contributed by atoms with E-state index in [2.05, 4.69) is 20.8 Å². The highest BCUT2D eigenvalue weighted by atomic mass is 16.3. The van der Waals surface area contributed by atoms with E-state index in [0.717, 1.165) is 6.42 Å². The topological polar surface area (TPSA) is 20.2 Å². The molecule has 0 amide bonds. The quantitative estimate of drug-likeness (QED) is 0.601. The number of rotatable bonds is 0. The lowest BCUT2D eigenvalue weighted by Crippen LogP contribution is -2.37. The summed E-state index contributed by atoms with van der Waals surface area (Å²) < 4.78 is 0. The molecule has 2 atom stereocenters. The van der Waals surface area contributed by atoms with Gasteiger partial charge in [0.1, 0.15) is 0 Å². The number of allylic oxidation sites excluding steroid dienone is 2. The average molecular weight is 180 g/mol. The van der Waals surface area contributed by atoms with Gasteiger partial charge in [-0.3, -0.25) is 0 Å². The van der Waals surface area contributed by atoms with Gasteiger partial charge < -0.3 is 5.11 Å². The Morgan fingerprint density at radius 2 is 1.77 bits per heavy atom. The molecule has 0 aromatic rings.